The second kappa shape index (κ2) is 6.36. The van der Waals surface area contributed by atoms with E-state index in [1.165, 1.54) is 51.9 Å². The van der Waals surface area contributed by atoms with Gasteiger partial charge in [-0.25, -0.2) is 0 Å². The summed E-state index contributed by atoms with van der Waals surface area (Å²) in [6.45, 7) is 12.1. The second-order valence-electron chi connectivity index (χ2n) is 6.79. The summed E-state index contributed by atoms with van der Waals surface area (Å²) in [4.78, 5) is 5.38. The molecular weight excluding hydrogens is 222 g/mol. The van der Waals surface area contributed by atoms with Gasteiger partial charge in [-0.05, 0) is 51.6 Å². The number of nitrogens with two attached hydrogens (primary N) is 1. The molecule has 18 heavy (non-hydrogen) atoms. The number of hydrogen-bond acceptors (Lipinski definition) is 3. The average Bonchev–Trinajstić information content (AvgIpc) is 2.78. The third-order valence-corrected chi connectivity index (χ3v) is 4.72. The molecule has 0 bridgehead atoms. The van der Waals surface area contributed by atoms with Crippen LogP contribution < -0.4 is 5.73 Å². The molecular formula is C15H31N3. The minimum atomic E-state index is 0.457. The maximum Gasteiger partial charge on any atom is 0.0235 e. The van der Waals surface area contributed by atoms with E-state index in [1.54, 1.807) is 0 Å². The van der Waals surface area contributed by atoms with Crippen LogP contribution in [0, 0.1) is 5.92 Å². The lowest BCUT2D eigenvalue weighted by Crippen LogP contribution is -2.46. The Morgan fingerprint density at radius 1 is 1.06 bits per heavy atom. The third kappa shape index (κ3) is 3.69. The monoisotopic (exact) mass is 253 g/mol. The van der Waals surface area contributed by atoms with Gasteiger partial charge in [0.25, 0.3) is 0 Å². The van der Waals surface area contributed by atoms with Crippen molar-refractivity contribution in [1.29, 1.82) is 0 Å². The molecule has 0 saturated carbocycles. The summed E-state index contributed by atoms with van der Waals surface area (Å²) >= 11 is 0. The highest BCUT2D eigenvalue weighted by atomic mass is 15.3. The molecule has 2 atom stereocenters. The summed E-state index contributed by atoms with van der Waals surface area (Å²) in [5.41, 5.74) is 5.99. The van der Waals surface area contributed by atoms with Crippen LogP contribution in [-0.4, -0.2) is 54.1 Å². The minimum absolute atomic E-state index is 0.457. The van der Waals surface area contributed by atoms with Crippen LogP contribution in [0.25, 0.3) is 0 Å². The zero-order chi connectivity index (χ0) is 13.1. The van der Waals surface area contributed by atoms with Gasteiger partial charge in [0.15, 0.2) is 0 Å². The molecule has 3 heteroatoms. The molecule has 2 saturated heterocycles. The highest BCUT2D eigenvalue weighted by molar-refractivity contribution is 4.88. The van der Waals surface area contributed by atoms with Crippen LogP contribution in [0.15, 0.2) is 0 Å². The molecule has 0 aromatic rings. The first-order chi connectivity index (χ1) is 8.56. The Labute approximate surface area is 113 Å². The van der Waals surface area contributed by atoms with Crippen LogP contribution in [0.4, 0.5) is 0 Å². The van der Waals surface area contributed by atoms with Crippen molar-refractivity contribution in [3.8, 4) is 0 Å². The van der Waals surface area contributed by atoms with Gasteiger partial charge in [0, 0.05) is 31.2 Å². The van der Waals surface area contributed by atoms with Crippen molar-refractivity contribution < 1.29 is 0 Å². The van der Waals surface area contributed by atoms with Crippen LogP contribution in [-0.2, 0) is 0 Å². The van der Waals surface area contributed by atoms with Crippen LogP contribution in [0.1, 0.15) is 46.5 Å². The van der Waals surface area contributed by atoms with Crippen LogP contribution in [0.5, 0.6) is 0 Å². The molecule has 0 amide bonds. The van der Waals surface area contributed by atoms with Crippen LogP contribution >= 0.6 is 0 Å². The van der Waals surface area contributed by atoms with Crippen molar-refractivity contribution in [3.63, 3.8) is 0 Å². The van der Waals surface area contributed by atoms with Crippen molar-refractivity contribution in [2.24, 2.45) is 11.7 Å². The zero-order valence-electron chi connectivity index (χ0n) is 12.4. The van der Waals surface area contributed by atoms with Gasteiger partial charge in [0.1, 0.15) is 0 Å². The molecule has 0 radical (unpaired) electrons. The molecule has 2 rings (SSSR count). The molecule has 2 heterocycles. The summed E-state index contributed by atoms with van der Waals surface area (Å²) in [6.07, 6.45) is 5.07. The Hall–Kier alpha value is -0.120. The Kier molecular flexibility index (Phi) is 5.05. The molecule has 0 spiro atoms. The topological polar surface area (TPSA) is 32.5 Å². The molecule has 0 aliphatic carbocycles. The molecule has 106 valence electrons. The van der Waals surface area contributed by atoms with Crippen molar-refractivity contribution in [2.75, 3.05) is 26.2 Å². The predicted octanol–water partition coefficient (Wildman–Crippen LogP) is 1.92. The van der Waals surface area contributed by atoms with Gasteiger partial charge in [0.2, 0.25) is 0 Å². The Bertz CT molecular complexity index is 246. The molecule has 2 N–H and O–H groups in total. The molecule has 2 aliphatic rings. The first kappa shape index (κ1) is 14.3. The molecule has 2 aliphatic heterocycles. The van der Waals surface area contributed by atoms with Gasteiger partial charge in [0.05, 0.1) is 0 Å². The fourth-order valence-electron chi connectivity index (χ4n) is 3.58. The first-order valence-corrected chi connectivity index (χ1v) is 7.80. The number of likely N-dealkylation sites (tertiary alicyclic amines) is 2. The molecule has 2 fully saturated rings. The maximum absolute atomic E-state index is 5.99. The van der Waals surface area contributed by atoms with E-state index in [0.717, 1.165) is 18.0 Å². The maximum atomic E-state index is 5.99. The summed E-state index contributed by atoms with van der Waals surface area (Å²) < 4.78 is 0. The smallest absolute Gasteiger partial charge is 0.0235 e. The standard InChI is InChI=1S/C15H31N3/c1-12(2)10-13(3)18-9-6-15(11-18)17-7-4-14(16)5-8-17/h12-15H,4-11,16H2,1-3H3. The van der Waals surface area contributed by atoms with Crippen LogP contribution in [0.3, 0.4) is 0 Å². The Morgan fingerprint density at radius 3 is 2.33 bits per heavy atom. The summed E-state index contributed by atoms with van der Waals surface area (Å²) in [7, 11) is 0. The number of nitrogens with zero attached hydrogens (tertiary/aromatic N) is 2. The van der Waals surface area contributed by atoms with Crippen molar-refractivity contribution >= 4 is 0 Å². The third-order valence-electron chi connectivity index (χ3n) is 4.72. The van der Waals surface area contributed by atoms with Gasteiger partial charge >= 0.3 is 0 Å². The molecule has 2 unspecified atom stereocenters. The lowest BCUT2D eigenvalue weighted by atomic mass is 10.0. The number of piperidine rings is 1. The van der Waals surface area contributed by atoms with E-state index in [9.17, 15) is 0 Å². The lowest BCUT2D eigenvalue weighted by molar-refractivity contribution is 0.142. The van der Waals surface area contributed by atoms with E-state index in [4.69, 9.17) is 5.73 Å². The van der Waals surface area contributed by atoms with Gasteiger partial charge in [-0.1, -0.05) is 13.8 Å². The number of hydrogen-bond donors (Lipinski definition) is 1. The SMILES string of the molecule is CC(C)CC(C)N1CCC(N2CCC(N)CC2)C1. The zero-order valence-corrected chi connectivity index (χ0v) is 12.4. The highest BCUT2D eigenvalue weighted by Gasteiger charge is 2.31. The van der Waals surface area contributed by atoms with E-state index in [-0.39, 0.29) is 0 Å². The summed E-state index contributed by atoms with van der Waals surface area (Å²) in [5.74, 6) is 0.812. The summed E-state index contributed by atoms with van der Waals surface area (Å²) in [5, 5.41) is 0. The van der Waals surface area contributed by atoms with Gasteiger partial charge in [-0.2, -0.15) is 0 Å². The number of rotatable bonds is 4. The average molecular weight is 253 g/mol. The molecule has 3 nitrogen and oxygen atoms in total. The van der Waals surface area contributed by atoms with E-state index in [0.29, 0.717) is 6.04 Å². The van der Waals surface area contributed by atoms with Gasteiger partial charge in [-0.15, -0.1) is 0 Å². The van der Waals surface area contributed by atoms with Gasteiger partial charge in [-0.3, -0.25) is 9.80 Å². The largest absolute Gasteiger partial charge is 0.328 e. The predicted molar refractivity (Wildman–Crippen MR) is 77.7 cm³/mol. The van der Waals surface area contributed by atoms with Crippen molar-refractivity contribution in [1.82, 2.24) is 9.80 Å². The fraction of sp³-hybridized carbons (Fsp3) is 1.00. The molecule has 0 aromatic heterocycles. The first-order valence-electron chi connectivity index (χ1n) is 7.80. The Morgan fingerprint density at radius 2 is 1.72 bits per heavy atom. The molecule has 0 aromatic carbocycles. The lowest BCUT2D eigenvalue weighted by Gasteiger charge is -2.35. The van der Waals surface area contributed by atoms with Crippen molar-refractivity contribution in [2.45, 2.75) is 64.6 Å². The van der Waals surface area contributed by atoms with E-state index >= 15 is 0 Å². The summed E-state index contributed by atoms with van der Waals surface area (Å²) in [6, 6.07) is 2.01. The van der Waals surface area contributed by atoms with Crippen LogP contribution in [0.2, 0.25) is 0 Å². The second-order valence-corrected chi connectivity index (χ2v) is 6.79. The fourth-order valence-corrected chi connectivity index (χ4v) is 3.58. The van der Waals surface area contributed by atoms with Crippen molar-refractivity contribution in [3.05, 3.63) is 0 Å². The van der Waals surface area contributed by atoms with E-state index < -0.39 is 0 Å². The normalized spacial score (nSPS) is 30.2. The Balaban J connectivity index is 1.77. The quantitative estimate of drug-likeness (QED) is 0.831. The van der Waals surface area contributed by atoms with E-state index in [2.05, 4.69) is 30.6 Å². The highest BCUT2D eigenvalue weighted by Crippen LogP contribution is 2.23. The minimum Gasteiger partial charge on any atom is -0.328 e. The van der Waals surface area contributed by atoms with Gasteiger partial charge < -0.3 is 5.73 Å². The van der Waals surface area contributed by atoms with E-state index in [1.807, 2.05) is 0 Å².